The van der Waals surface area contributed by atoms with Crippen LogP contribution < -0.4 is 14.8 Å². The molecule has 0 atom stereocenters. The minimum atomic E-state index is -3.73. The zero-order chi connectivity index (χ0) is 27.7. The molecule has 1 aliphatic rings. The lowest BCUT2D eigenvalue weighted by molar-refractivity contribution is 0.0640. The number of sulfonamides is 1. The molecule has 10 nitrogen and oxygen atoms in total. The summed E-state index contributed by atoms with van der Waals surface area (Å²) in [4.78, 5) is 24.5. The topological polar surface area (TPSA) is 149 Å². The van der Waals surface area contributed by atoms with Crippen LogP contribution in [0.4, 0.5) is 10.5 Å². The summed E-state index contributed by atoms with van der Waals surface area (Å²) in [6.07, 6.45) is 1.47. The van der Waals surface area contributed by atoms with Gasteiger partial charge in [0, 0.05) is 17.0 Å². The van der Waals surface area contributed by atoms with Crippen LogP contribution in [-0.4, -0.2) is 45.0 Å². The average Bonchev–Trinajstić information content (AvgIpc) is 3.66. The lowest BCUT2D eigenvalue weighted by Gasteiger charge is -2.24. The van der Waals surface area contributed by atoms with Crippen LogP contribution in [0.2, 0.25) is 0 Å². The van der Waals surface area contributed by atoms with Crippen LogP contribution in [-0.2, 0) is 14.8 Å². The molecule has 39 heavy (non-hydrogen) atoms. The summed E-state index contributed by atoms with van der Waals surface area (Å²) in [5.74, 6) is 0.395. The number of carbonyl (C=O) groups excluding carboxylic acids is 2. The Bertz CT molecular complexity index is 1640. The van der Waals surface area contributed by atoms with Crippen molar-refractivity contribution in [2.75, 3.05) is 23.7 Å². The fourth-order valence-electron chi connectivity index (χ4n) is 4.49. The highest BCUT2D eigenvalue weighted by Crippen LogP contribution is 2.48. The van der Waals surface area contributed by atoms with Crippen LogP contribution >= 0.6 is 0 Å². The van der Waals surface area contributed by atoms with Gasteiger partial charge in [-0.1, -0.05) is 18.2 Å². The van der Waals surface area contributed by atoms with E-state index in [0.29, 0.717) is 33.7 Å². The average molecular weight is 551 g/mol. The normalized spacial score (nSPS) is 13.3. The largest absolute Gasteiger partial charge is 0.457 e. The molecular weight excluding hydrogens is 524 g/mol. The maximum Gasteiger partial charge on any atom is 0.412 e. The fourth-order valence-corrected chi connectivity index (χ4v) is 5.42. The summed E-state index contributed by atoms with van der Waals surface area (Å²) >= 11 is 0. The number of primary amides is 1. The maximum absolute atomic E-state index is 13.1. The van der Waals surface area contributed by atoms with Gasteiger partial charge in [-0.2, -0.15) is 0 Å². The molecule has 0 bridgehead atoms. The van der Waals surface area contributed by atoms with E-state index in [-0.39, 0.29) is 36.0 Å². The molecule has 1 aromatic heterocycles. The van der Waals surface area contributed by atoms with Crippen molar-refractivity contribution < 1.29 is 37.0 Å². The number of esters is 1. The number of hydrogen-bond acceptors (Lipinski definition) is 8. The Labute approximate surface area is 224 Å². The van der Waals surface area contributed by atoms with E-state index in [4.69, 9.17) is 19.6 Å². The highest BCUT2D eigenvalue weighted by molar-refractivity contribution is 7.92. The van der Waals surface area contributed by atoms with Gasteiger partial charge in [-0.05, 0) is 66.8 Å². The molecule has 0 saturated heterocycles. The van der Waals surface area contributed by atoms with Crippen molar-refractivity contribution in [2.45, 2.75) is 18.8 Å². The molecule has 1 fully saturated rings. The molecule has 1 aliphatic carbocycles. The van der Waals surface area contributed by atoms with E-state index in [2.05, 4.69) is 0 Å². The van der Waals surface area contributed by atoms with Gasteiger partial charge in [-0.25, -0.2) is 18.0 Å². The van der Waals surface area contributed by atoms with Gasteiger partial charge in [-0.15, -0.1) is 0 Å². The zero-order valence-electron chi connectivity index (χ0n) is 21.0. The molecule has 1 saturated carbocycles. The summed E-state index contributed by atoms with van der Waals surface area (Å²) < 4.78 is 43.0. The van der Waals surface area contributed by atoms with Crippen LogP contribution in [0.3, 0.4) is 0 Å². The monoisotopic (exact) mass is 550 g/mol. The molecule has 5 rings (SSSR count). The van der Waals surface area contributed by atoms with E-state index < -0.39 is 22.1 Å². The number of anilines is 1. The third-order valence-electron chi connectivity index (χ3n) is 6.32. The molecule has 0 spiro atoms. The Morgan fingerprint density at radius 2 is 1.72 bits per heavy atom. The predicted molar refractivity (Wildman–Crippen MR) is 144 cm³/mol. The third kappa shape index (κ3) is 5.59. The molecule has 3 N–H and O–H groups in total. The number of fused-ring (bicyclic) bond motifs is 1. The second-order valence-electron chi connectivity index (χ2n) is 9.19. The summed E-state index contributed by atoms with van der Waals surface area (Å²) in [5.41, 5.74) is 6.87. The number of nitrogens with two attached hydrogens (primary N) is 1. The van der Waals surface area contributed by atoms with Gasteiger partial charge in [0.15, 0.2) is 0 Å². The Hall–Kier alpha value is -4.35. The molecule has 3 aromatic carbocycles. The summed E-state index contributed by atoms with van der Waals surface area (Å²) in [7, 11) is -3.73. The lowest BCUT2D eigenvalue weighted by atomic mass is 10.0. The molecule has 202 valence electrons. The SMILES string of the molecule is CS(=O)(=O)N(CCO)c1cc2oc(-c3ccc(Oc4ccccc4)cc3)c(C(=O)OC(N)=O)c2cc1C1CC1. The number of aliphatic hydroxyl groups excluding tert-OH is 1. The fraction of sp³-hybridized carbons (Fsp3) is 0.214. The van der Waals surface area contributed by atoms with E-state index in [1.807, 2.05) is 30.3 Å². The van der Waals surface area contributed by atoms with Gasteiger partial charge < -0.3 is 24.7 Å². The number of aliphatic hydroxyl groups is 1. The van der Waals surface area contributed by atoms with Crippen molar-refractivity contribution in [1.82, 2.24) is 0 Å². The number of benzene rings is 3. The summed E-state index contributed by atoms with van der Waals surface area (Å²) in [5, 5.41) is 9.89. The van der Waals surface area contributed by atoms with Crippen LogP contribution in [0.5, 0.6) is 11.5 Å². The second kappa shape index (κ2) is 10.4. The van der Waals surface area contributed by atoms with Gasteiger partial charge in [0.1, 0.15) is 28.4 Å². The van der Waals surface area contributed by atoms with E-state index >= 15 is 0 Å². The first-order valence-electron chi connectivity index (χ1n) is 12.2. The second-order valence-corrected chi connectivity index (χ2v) is 11.1. The van der Waals surface area contributed by atoms with Crippen LogP contribution in [0.25, 0.3) is 22.3 Å². The smallest absolute Gasteiger partial charge is 0.412 e. The number of rotatable bonds is 9. The molecule has 1 amide bonds. The standard InChI is InChI=1S/C28H26N2O8S/c1-39(34,35)30(13-14-31)23-16-24-22(15-21(23)17-7-8-17)25(27(32)38-28(29)33)26(37-24)18-9-11-20(12-10-18)36-19-5-3-2-4-6-19/h2-6,9-12,15-17,31H,7-8,13-14H2,1H3,(H2,29,33). The van der Waals surface area contributed by atoms with E-state index in [1.165, 1.54) is 6.07 Å². The van der Waals surface area contributed by atoms with Gasteiger partial charge >= 0.3 is 12.1 Å². The van der Waals surface area contributed by atoms with Crippen LogP contribution in [0, 0.1) is 0 Å². The van der Waals surface area contributed by atoms with Crippen molar-refractivity contribution in [3.8, 4) is 22.8 Å². The van der Waals surface area contributed by atoms with Crippen molar-refractivity contribution in [3.05, 3.63) is 77.9 Å². The first kappa shape index (κ1) is 26.3. The van der Waals surface area contributed by atoms with Crippen molar-refractivity contribution in [3.63, 3.8) is 0 Å². The van der Waals surface area contributed by atoms with Gasteiger partial charge in [-0.3, -0.25) is 4.31 Å². The summed E-state index contributed by atoms with van der Waals surface area (Å²) in [6, 6.07) is 19.2. The van der Waals surface area contributed by atoms with Crippen molar-refractivity contribution in [2.24, 2.45) is 5.73 Å². The van der Waals surface area contributed by atoms with E-state index in [0.717, 1.165) is 23.4 Å². The molecule has 0 aliphatic heterocycles. The van der Waals surface area contributed by atoms with Crippen LogP contribution in [0.15, 0.2) is 71.1 Å². The number of carbonyl (C=O) groups is 2. The number of amides is 1. The number of hydrogen-bond donors (Lipinski definition) is 2. The number of nitrogens with zero attached hydrogens (tertiary/aromatic N) is 1. The Kier molecular flexibility index (Phi) is 7.02. The Balaban J connectivity index is 1.65. The molecule has 1 heterocycles. The molecule has 4 aromatic rings. The Morgan fingerprint density at radius 1 is 1.05 bits per heavy atom. The quantitative estimate of drug-likeness (QED) is 0.224. The summed E-state index contributed by atoms with van der Waals surface area (Å²) in [6.45, 7) is -0.525. The van der Waals surface area contributed by atoms with Gasteiger partial charge in [0.2, 0.25) is 10.0 Å². The van der Waals surface area contributed by atoms with Gasteiger partial charge in [0.05, 0.1) is 25.1 Å². The predicted octanol–water partition coefficient (Wildman–Crippen LogP) is 4.76. The zero-order valence-corrected chi connectivity index (χ0v) is 21.8. The van der Waals surface area contributed by atoms with Crippen LogP contribution in [0.1, 0.15) is 34.7 Å². The van der Waals surface area contributed by atoms with Gasteiger partial charge in [0.25, 0.3) is 0 Å². The molecule has 0 radical (unpaired) electrons. The van der Waals surface area contributed by atoms with Crippen molar-refractivity contribution in [1.29, 1.82) is 0 Å². The van der Waals surface area contributed by atoms with Crippen molar-refractivity contribution >= 4 is 38.7 Å². The maximum atomic E-state index is 13.1. The number of para-hydroxylation sites is 1. The van der Waals surface area contributed by atoms with E-state index in [9.17, 15) is 23.1 Å². The highest BCUT2D eigenvalue weighted by Gasteiger charge is 2.33. The highest BCUT2D eigenvalue weighted by atomic mass is 32.2. The van der Waals surface area contributed by atoms with E-state index in [1.54, 1.807) is 30.3 Å². The molecule has 11 heteroatoms. The number of ether oxygens (including phenoxy) is 2. The minimum Gasteiger partial charge on any atom is -0.457 e. The minimum absolute atomic E-state index is 0.0120. The first-order chi connectivity index (χ1) is 18.7. The Morgan fingerprint density at radius 3 is 2.31 bits per heavy atom. The first-order valence-corrected chi connectivity index (χ1v) is 14.0. The molecule has 0 unspecified atom stereocenters. The number of furan rings is 1. The third-order valence-corrected chi connectivity index (χ3v) is 7.50. The molecular formula is C28H26N2O8S. The lowest BCUT2D eigenvalue weighted by Crippen LogP contribution is -2.33.